The molecule has 176 valence electrons. The summed E-state index contributed by atoms with van der Waals surface area (Å²) >= 11 is 0. The van der Waals surface area contributed by atoms with Crippen molar-refractivity contribution in [3.8, 4) is 5.75 Å². The fraction of sp³-hybridized carbons (Fsp3) is 0.385. The number of carbonyl (C=O) groups is 1. The summed E-state index contributed by atoms with van der Waals surface area (Å²) in [6, 6.07) is 18.2. The topological polar surface area (TPSA) is 69.2 Å². The van der Waals surface area contributed by atoms with E-state index < -0.39 is 0 Å². The van der Waals surface area contributed by atoms with Gasteiger partial charge in [0.1, 0.15) is 5.75 Å². The van der Waals surface area contributed by atoms with Gasteiger partial charge >= 0.3 is 0 Å². The van der Waals surface area contributed by atoms with Crippen LogP contribution in [-0.2, 0) is 11.3 Å². The second kappa shape index (κ2) is 13.3. The van der Waals surface area contributed by atoms with Crippen LogP contribution in [0.3, 0.4) is 0 Å². The van der Waals surface area contributed by atoms with Crippen LogP contribution in [0, 0.1) is 0 Å². The summed E-state index contributed by atoms with van der Waals surface area (Å²) in [5.41, 5.74) is 2.31. The van der Waals surface area contributed by atoms with Gasteiger partial charge in [-0.3, -0.25) is 14.7 Å². The zero-order valence-corrected chi connectivity index (χ0v) is 19.7. The molecule has 3 rings (SSSR count). The highest BCUT2D eigenvalue weighted by molar-refractivity contribution is 5.80. The van der Waals surface area contributed by atoms with E-state index in [1.54, 1.807) is 0 Å². The van der Waals surface area contributed by atoms with Crippen LogP contribution in [0.1, 0.15) is 18.1 Å². The van der Waals surface area contributed by atoms with Crippen LogP contribution in [0.25, 0.3) is 6.08 Å². The summed E-state index contributed by atoms with van der Waals surface area (Å²) in [4.78, 5) is 20.8. The van der Waals surface area contributed by atoms with E-state index in [4.69, 9.17) is 4.74 Å². The molecule has 2 N–H and O–H groups in total. The normalized spacial score (nSPS) is 15.0. The molecule has 1 amide bonds. The van der Waals surface area contributed by atoms with Gasteiger partial charge in [-0.25, -0.2) is 0 Å². The van der Waals surface area contributed by atoms with Gasteiger partial charge in [-0.05, 0) is 30.2 Å². The lowest BCUT2D eigenvalue weighted by Crippen LogP contribution is -2.52. The third-order valence-electron chi connectivity index (χ3n) is 5.45. The number of nitrogens with one attached hydrogen (secondary N) is 2. The second-order valence-electron chi connectivity index (χ2n) is 7.89. The third-order valence-corrected chi connectivity index (χ3v) is 5.45. The minimum Gasteiger partial charge on any atom is -0.484 e. The predicted molar refractivity (Wildman–Crippen MR) is 134 cm³/mol. The Labute approximate surface area is 197 Å². The summed E-state index contributed by atoms with van der Waals surface area (Å²) < 4.78 is 5.59. The Balaban J connectivity index is 1.42. The number of aliphatic imine (C=N–C) groups is 1. The monoisotopic (exact) mass is 449 g/mol. The lowest BCUT2D eigenvalue weighted by molar-refractivity contribution is -0.122. The molecule has 0 atom stereocenters. The zero-order valence-electron chi connectivity index (χ0n) is 19.7. The van der Waals surface area contributed by atoms with Gasteiger partial charge in [-0.1, -0.05) is 54.6 Å². The molecular weight excluding hydrogens is 414 g/mol. The highest BCUT2D eigenvalue weighted by atomic mass is 16.5. The van der Waals surface area contributed by atoms with E-state index in [0.717, 1.165) is 44.2 Å². The molecule has 7 nitrogen and oxygen atoms in total. The first-order chi connectivity index (χ1) is 16.2. The molecular formula is C26H35N5O2. The number of nitrogens with zero attached hydrogens (tertiary/aromatic N) is 3. The molecule has 7 heteroatoms. The summed E-state index contributed by atoms with van der Waals surface area (Å²) in [5, 5.41) is 6.19. The maximum atomic E-state index is 11.6. The van der Waals surface area contributed by atoms with Crippen molar-refractivity contribution in [2.45, 2.75) is 13.5 Å². The predicted octanol–water partition coefficient (Wildman–Crippen LogP) is 2.61. The molecule has 0 bridgehead atoms. The molecule has 1 saturated heterocycles. The van der Waals surface area contributed by atoms with E-state index in [1.165, 1.54) is 5.56 Å². The van der Waals surface area contributed by atoms with Crippen molar-refractivity contribution in [2.24, 2.45) is 4.99 Å². The minimum atomic E-state index is -0.115. The van der Waals surface area contributed by atoms with E-state index in [2.05, 4.69) is 61.8 Å². The maximum Gasteiger partial charge on any atom is 0.257 e. The van der Waals surface area contributed by atoms with Crippen LogP contribution in [0.5, 0.6) is 5.75 Å². The van der Waals surface area contributed by atoms with Gasteiger partial charge in [-0.15, -0.1) is 0 Å². The first kappa shape index (κ1) is 24.3. The van der Waals surface area contributed by atoms with Gasteiger partial charge in [0, 0.05) is 52.9 Å². The van der Waals surface area contributed by atoms with Gasteiger partial charge in [0.05, 0.1) is 0 Å². The minimum absolute atomic E-state index is 0.0250. The molecule has 0 spiro atoms. The van der Waals surface area contributed by atoms with Crippen LogP contribution in [-0.4, -0.2) is 74.6 Å². The summed E-state index contributed by atoms with van der Waals surface area (Å²) in [5.74, 6) is 1.48. The number of piperazine rings is 1. The highest BCUT2D eigenvalue weighted by Crippen LogP contribution is 2.13. The van der Waals surface area contributed by atoms with Crippen LogP contribution < -0.4 is 15.4 Å². The van der Waals surface area contributed by atoms with E-state index in [-0.39, 0.29) is 12.5 Å². The fourth-order valence-corrected chi connectivity index (χ4v) is 3.70. The van der Waals surface area contributed by atoms with Gasteiger partial charge in [0.2, 0.25) is 0 Å². The molecule has 0 aliphatic carbocycles. The summed E-state index contributed by atoms with van der Waals surface area (Å²) in [7, 11) is 1.82. The smallest absolute Gasteiger partial charge is 0.257 e. The van der Waals surface area contributed by atoms with E-state index >= 15 is 0 Å². The van der Waals surface area contributed by atoms with Crippen molar-refractivity contribution in [3.63, 3.8) is 0 Å². The van der Waals surface area contributed by atoms with E-state index in [9.17, 15) is 4.79 Å². The molecule has 0 unspecified atom stereocenters. The summed E-state index contributed by atoms with van der Waals surface area (Å²) in [6.07, 6.45) is 4.42. The van der Waals surface area contributed by atoms with Crippen molar-refractivity contribution in [1.82, 2.24) is 20.4 Å². The molecule has 1 fully saturated rings. The van der Waals surface area contributed by atoms with Crippen molar-refractivity contribution >= 4 is 17.9 Å². The Hall–Kier alpha value is -3.32. The van der Waals surface area contributed by atoms with Crippen molar-refractivity contribution in [2.75, 3.05) is 52.9 Å². The van der Waals surface area contributed by atoms with Crippen LogP contribution in [0.15, 0.2) is 65.7 Å². The lowest BCUT2D eigenvalue weighted by atomic mass is 10.2. The Morgan fingerprint density at radius 3 is 2.58 bits per heavy atom. The molecule has 0 radical (unpaired) electrons. The Morgan fingerprint density at radius 1 is 1.06 bits per heavy atom. The molecule has 1 aliphatic heterocycles. The Morgan fingerprint density at radius 2 is 1.85 bits per heavy atom. The number of hydrogen-bond acceptors (Lipinski definition) is 4. The largest absolute Gasteiger partial charge is 0.484 e. The lowest BCUT2D eigenvalue weighted by Gasteiger charge is -2.36. The zero-order chi connectivity index (χ0) is 23.3. The summed E-state index contributed by atoms with van der Waals surface area (Å²) in [6.45, 7) is 8.00. The van der Waals surface area contributed by atoms with Crippen LogP contribution >= 0.6 is 0 Å². The number of hydrogen-bond donors (Lipinski definition) is 2. The Kier molecular flexibility index (Phi) is 9.79. The maximum absolute atomic E-state index is 11.6. The third kappa shape index (κ3) is 8.27. The molecule has 2 aromatic rings. The first-order valence-corrected chi connectivity index (χ1v) is 11.6. The van der Waals surface area contributed by atoms with E-state index in [0.29, 0.717) is 18.8 Å². The Bertz CT molecular complexity index is 921. The number of rotatable bonds is 9. The average molecular weight is 450 g/mol. The standard InChI is InChI=1S/C26H35N5O2/c1-3-28-25(32)21-33-24-13-7-11-23(19-24)20-29-26(27-2)31-17-15-30(16-18-31)14-8-12-22-9-5-4-6-10-22/h4-13,19H,3,14-18,20-21H2,1-2H3,(H,27,29)(H,28,32)/b12-8+. The number of likely N-dealkylation sites (N-methyl/N-ethyl adjacent to an activating group) is 1. The number of benzene rings is 2. The van der Waals surface area contributed by atoms with Crippen LogP contribution in [0.2, 0.25) is 0 Å². The first-order valence-electron chi connectivity index (χ1n) is 11.6. The molecule has 2 aromatic carbocycles. The molecule has 0 aromatic heterocycles. The van der Waals surface area contributed by atoms with Crippen molar-refractivity contribution < 1.29 is 9.53 Å². The molecule has 1 heterocycles. The van der Waals surface area contributed by atoms with E-state index in [1.807, 2.05) is 44.3 Å². The van der Waals surface area contributed by atoms with Gasteiger partial charge in [0.25, 0.3) is 5.91 Å². The number of ether oxygens (including phenoxy) is 1. The van der Waals surface area contributed by atoms with Gasteiger partial charge < -0.3 is 20.3 Å². The molecule has 33 heavy (non-hydrogen) atoms. The van der Waals surface area contributed by atoms with Crippen LogP contribution in [0.4, 0.5) is 0 Å². The highest BCUT2D eigenvalue weighted by Gasteiger charge is 2.18. The number of carbonyl (C=O) groups excluding carboxylic acids is 1. The number of amides is 1. The number of guanidine groups is 1. The molecule has 0 saturated carbocycles. The molecule has 1 aliphatic rings. The fourth-order valence-electron chi connectivity index (χ4n) is 3.70. The second-order valence-corrected chi connectivity index (χ2v) is 7.89. The average Bonchev–Trinajstić information content (AvgIpc) is 2.85. The SMILES string of the molecule is CCNC(=O)COc1cccc(CNC(=NC)N2CCN(C/C=C/c3ccccc3)CC2)c1. The van der Waals surface area contributed by atoms with Crippen molar-refractivity contribution in [1.29, 1.82) is 0 Å². The van der Waals surface area contributed by atoms with Crippen molar-refractivity contribution in [3.05, 3.63) is 71.8 Å². The van der Waals surface area contributed by atoms with Gasteiger partial charge in [0.15, 0.2) is 12.6 Å². The quantitative estimate of drug-likeness (QED) is 0.455. The van der Waals surface area contributed by atoms with Gasteiger partial charge in [-0.2, -0.15) is 0 Å².